The largest absolute Gasteiger partial charge is 0.399 e. The van der Waals surface area contributed by atoms with Crippen molar-refractivity contribution in [3.63, 3.8) is 0 Å². The summed E-state index contributed by atoms with van der Waals surface area (Å²) in [4.78, 5) is 24.8. The number of ketones is 1. The van der Waals surface area contributed by atoms with Crippen molar-refractivity contribution >= 4 is 52.6 Å². The van der Waals surface area contributed by atoms with Crippen LogP contribution in [0.15, 0.2) is 36.4 Å². The lowest BCUT2D eigenvalue weighted by atomic mass is 9.81. The predicted octanol–water partition coefficient (Wildman–Crippen LogP) is 8.44. The van der Waals surface area contributed by atoms with Crippen molar-refractivity contribution < 1.29 is 22.8 Å². The summed E-state index contributed by atoms with van der Waals surface area (Å²) in [7, 11) is 0. The zero-order chi connectivity index (χ0) is 26.6. The summed E-state index contributed by atoms with van der Waals surface area (Å²) in [6.45, 7) is 7.76. The van der Waals surface area contributed by atoms with Crippen LogP contribution >= 0.6 is 34.8 Å². The van der Waals surface area contributed by atoms with E-state index < -0.39 is 17.5 Å². The molecule has 1 amide bonds. The number of benzene rings is 2. The van der Waals surface area contributed by atoms with E-state index >= 15 is 0 Å². The van der Waals surface area contributed by atoms with Gasteiger partial charge in [0.25, 0.3) is 0 Å². The third-order valence-corrected chi connectivity index (χ3v) is 6.60. The van der Waals surface area contributed by atoms with Gasteiger partial charge in [-0.3, -0.25) is 9.59 Å². The Morgan fingerprint density at radius 3 is 2.14 bits per heavy atom. The minimum Gasteiger partial charge on any atom is -0.356 e. The van der Waals surface area contributed by atoms with Crippen LogP contribution in [0, 0.1) is 12.3 Å². The third-order valence-electron chi connectivity index (χ3n) is 5.40. The minimum absolute atomic E-state index is 0.00737. The van der Waals surface area contributed by atoms with E-state index in [4.69, 9.17) is 34.8 Å². The summed E-state index contributed by atoms with van der Waals surface area (Å²) in [5, 5.41) is 2.59. The maximum atomic E-state index is 13.8. The maximum absolute atomic E-state index is 13.8. The number of amides is 1. The molecule has 1 N–H and O–H groups in total. The van der Waals surface area contributed by atoms with Crippen molar-refractivity contribution in [2.45, 2.75) is 52.6 Å². The van der Waals surface area contributed by atoms with Crippen molar-refractivity contribution in [3.05, 3.63) is 73.7 Å². The molecule has 0 aliphatic carbocycles. The van der Waals surface area contributed by atoms with Crippen LogP contribution in [0.5, 0.6) is 0 Å². The molecule has 0 spiro atoms. The first kappa shape index (κ1) is 29.2. The first-order chi connectivity index (χ1) is 16.1. The second kappa shape index (κ2) is 11.8. The van der Waals surface area contributed by atoms with Gasteiger partial charge in [0.1, 0.15) is 0 Å². The topological polar surface area (TPSA) is 46.2 Å². The number of Topliss-reactive ketones (excluding diaryl/α,β-unsaturated/α-hetero) is 1. The standard InChI is InChI=1S/C26H27Cl3F3NO2/c1-5-33-23(35)14-25(3,4)13-22(34)18-8-6-16(10-15(18)2)7-9-19(26(30,31)32)17-11-20(27)24(29)21(28)12-17/h6-12,19H,5,13-14H2,1-4H3,(H,33,35)/b9-7+. The van der Waals surface area contributed by atoms with Crippen LogP contribution in [0.25, 0.3) is 6.08 Å². The molecule has 1 atom stereocenters. The fourth-order valence-electron chi connectivity index (χ4n) is 3.76. The normalized spacial score (nSPS) is 13.2. The molecular weight excluding hydrogens is 522 g/mol. The number of rotatable bonds is 9. The molecule has 2 rings (SSSR count). The smallest absolute Gasteiger partial charge is 0.356 e. The van der Waals surface area contributed by atoms with Gasteiger partial charge in [0.15, 0.2) is 5.78 Å². The molecule has 0 heterocycles. The van der Waals surface area contributed by atoms with Crippen molar-refractivity contribution in [1.29, 1.82) is 0 Å². The Kier molecular flexibility index (Phi) is 9.86. The zero-order valence-electron chi connectivity index (χ0n) is 19.8. The van der Waals surface area contributed by atoms with E-state index in [2.05, 4.69) is 5.32 Å². The molecule has 0 saturated heterocycles. The number of nitrogens with one attached hydrogen (secondary N) is 1. The summed E-state index contributed by atoms with van der Waals surface area (Å²) in [6.07, 6.45) is -1.85. The molecule has 0 radical (unpaired) electrons. The Bertz CT molecular complexity index is 1100. The monoisotopic (exact) mass is 547 g/mol. The van der Waals surface area contributed by atoms with Gasteiger partial charge < -0.3 is 5.32 Å². The van der Waals surface area contributed by atoms with E-state index in [0.29, 0.717) is 23.2 Å². The number of hydrogen-bond acceptors (Lipinski definition) is 2. The van der Waals surface area contributed by atoms with Gasteiger partial charge in [-0.05, 0) is 48.1 Å². The van der Waals surface area contributed by atoms with Crippen LogP contribution in [0.1, 0.15) is 66.6 Å². The highest BCUT2D eigenvalue weighted by molar-refractivity contribution is 6.48. The highest BCUT2D eigenvalue weighted by Crippen LogP contribution is 2.41. The van der Waals surface area contributed by atoms with E-state index in [-0.39, 0.29) is 45.2 Å². The molecule has 0 bridgehead atoms. The molecule has 35 heavy (non-hydrogen) atoms. The molecule has 1 unspecified atom stereocenters. The van der Waals surface area contributed by atoms with Crippen LogP contribution in [0.3, 0.4) is 0 Å². The molecule has 0 fully saturated rings. The second-order valence-corrected chi connectivity index (χ2v) is 10.3. The van der Waals surface area contributed by atoms with E-state index in [1.807, 2.05) is 20.8 Å². The lowest BCUT2D eigenvalue weighted by Crippen LogP contribution is -2.30. The number of carbonyl (C=O) groups is 2. The molecule has 0 saturated carbocycles. The molecule has 9 heteroatoms. The molecule has 0 aliphatic rings. The highest BCUT2D eigenvalue weighted by Gasteiger charge is 2.39. The van der Waals surface area contributed by atoms with Crippen LogP contribution < -0.4 is 5.32 Å². The Labute approximate surface area is 218 Å². The van der Waals surface area contributed by atoms with E-state index in [9.17, 15) is 22.8 Å². The highest BCUT2D eigenvalue weighted by atomic mass is 35.5. The van der Waals surface area contributed by atoms with Crippen LogP contribution in [0.4, 0.5) is 13.2 Å². The zero-order valence-corrected chi connectivity index (χ0v) is 22.1. The average Bonchev–Trinajstić information content (AvgIpc) is 2.70. The lowest BCUT2D eigenvalue weighted by molar-refractivity contribution is -0.139. The first-order valence-electron chi connectivity index (χ1n) is 10.9. The molecule has 2 aromatic rings. The number of carbonyl (C=O) groups excluding carboxylic acids is 2. The fourth-order valence-corrected chi connectivity index (χ4v) is 4.37. The fraction of sp³-hybridized carbons (Fsp3) is 0.385. The van der Waals surface area contributed by atoms with Crippen molar-refractivity contribution in [1.82, 2.24) is 5.32 Å². The Hall–Kier alpha value is -2.02. The summed E-state index contributed by atoms with van der Waals surface area (Å²) >= 11 is 17.7. The summed E-state index contributed by atoms with van der Waals surface area (Å²) in [6, 6.07) is 7.12. The number of allylic oxidation sites excluding steroid dienone is 1. The molecule has 0 aromatic heterocycles. The SMILES string of the molecule is CCNC(=O)CC(C)(C)CC(=O)c1ccc(/C=C/C(c2cc(Cl)c(Cl)c(Cl)c2)C(F)(F)F)cc1C. The van der Waals surface area contributed by atoms with Gasteiger partial charge in [-0.1, -0.05) is 79.0 Å². The van der Waals surface area contributed by atoms with Gasteiger partial charge in [-0.25, -0.2) is 0 Å². The second-order valence-electron chi connectivity index (χ2n) is 9.15. The van der Waals surface area contributed by atoms with E-state index in [1.54, 1.807) is 25.1 Å². The van der Waals surface area contributed by atoms with Crippen molar-refractivity contribution in [2.75, 3.05) is 6.54 Å². The van der Waals surface area contributed by atoms with E-state index in [0.717, 1.165) is 18.2 Å². The number of halogens is 6. The van der Waals surface area contributed by atoms with Gasteiger partial charge in [0.05, 0.1) is 21.0 Å². The molecule has 3 nitrogen and oxygen atoms in total. The van der Waals surface area contributed by atoms with Crippen molar-refractivity contribution in [3.8, 4) is 0 Å². The molecular formula is C26H27Cl3F3NO2. The predicted molar refractivity (Wildman–Crippen MR) is 137 cm³/mol. The quantitative estimate of drug-likeness (QED) is 0.252. The summed E-state index contributed by atoms with van der Waals surface area (Å²) in [5.74, 6) is -2.21. The number of alkyl halides is 3. The average molecular weight is 549 g/mol. The third kappa shape index (κ3) is 8.26. The van der Waals surface area contributed by atoms with Crippen LogP contribution in [0.2, 0.25) is 15.1 Å². The summed E-state index contributed by atoms with van der Waals surface area (Å²) < 4.78 is 41.3. The van der Waals surface area contributed by atoms with Gasteiger partial charge >= 0.3 is 6.18 Å². The summed E-state index contributed by atoms with van der Waals surface area (Å²) in [5.41, 5.74) is 0.927. The lowest BCUT2D eigenvalue weighted by Gasteiger charge is -2.23. The number of aryl methyl sites for hydroxylation is 1. The minimum atomic E-state index is -4.59. The number of hydrogen-bond donors (Lipinski definition) is 1. The van der Waals surface area contributed by atoms with Crippen LogP contribution in [-0.4, -0.2) is 24.4 Å². The Morgan fingerprint density at radius 1 is 1.03 bits per heavy atom. The molecule has 190 valence electrons. The van der Waals surface area contributed by atoms with E-state index in [1.165, 1.54) is 6.08 Å². The molecule has 0 aliphatic heterocycles. The Morgan fingerprint density at radius 2 is 1.63 bits per heavy atom. The van der Waals surface area contributed by atoms with Crippen molar-refractivity contribution in [2.24, 2.45) is 5.41 Å². The Balaban J connectivity index is 2.25. The van der Waals surface area contributed by atoms with Crippen LogP contribution in [-0.2, 0) is 4.79 Å². The van der Waals surface area contributed by atoms with Gasteiger partial charge in [-0.15, -0.1) is 0 Å². The van der Waals surface area contributed by atoms with Gasteiger partial charge in [-0.2, -0.15) is 13.2 Å². The maximum Gasteiger partial charge on any atom is 0.399 e. The first-order valence-corrected chi connectivity index (χ1v) is 12.1. The van der Waals surface area contributed by atoms with Gasteiger partial charge in [0, 0.05) is 24.9 Å². The van der Waals surface area contributed by atoms with Gasteiger partial charge in [0.2, 0.25) is 5.91 Å². The molecule has 2 aromatic carbocycles.